The first kappa shape index (κ1) is 25.4. The number of hydrogen-bond acceptors (Lipinski definition) is 6. The van der Waals surface area contributed by atoms with Crippen LogP contribution in [-0.2, 0) is 4.79 Å². The Kier molecular flexibility index (Phi) is 9.05. The molecule has 178 valence electrons. The van der Waals surface area contributed by atoms with Crippen LogP contribution in [0.4, 0.5) is 16.3 Å². The van der Waals surface area contributed by atoms with E-state index in [9.17, 15) is 9.59 Å². The number of anilines is 2. The van der Waals surface area contributed by atoms with Crippen LogP contribution in [0.15, 0.2) is 35.5 Å². The van der Waals surface area contributed by atoms with E-state index in [1.165, 1.54) is 11.8 Å². The molecule has 1 saturated heterocycles. The lowest BCUT2D eigenvalue weighted by Crippen LogP contribution is -2.55. The molecule has 1 aromatic carbocycles. The minimum absolute atomic E-state index is 0.0513. The third-order valence-corrected chi connectivity index (χ3v) is 6.26. The molecule has 2 N–H and O–H groups in total. The van der Waals surface area contributed by atoms with Crippen LogP contribution in [0.3, 0.4) is 0 Å². The molecule has 1 atom stereocenters. The topological polar surface area (TPSA) is 90.5 Å². The van der Waals surface area contributed by atoms with Gasteiger partial charge in [0.1, 0.15) is 11.0 Å². The summed E-state index contributed by atoms with van der Waals surface area (Å²) < 4.78 is 0. The second kappa shape index (κ2) is 11.8. The second-order valence-corrected chi connectivity index (χ2v) is 10.0. The van der Waals surface area contributed by atoms with Crippen molar-refractivity contribution >= 4 is 58.4 Å². The number of nitrogens with one attached hydrogen (secondary N) is 2. The minimum Gasteiger partial charge on any atom is -0.355 e. The highest BCUT2D eigenvalue weighted by Gasteiger charge is 2.28. The number of rotatable bonds is 7. The maximum absolute atomic E-state index is 12.8. The van der Waals surface area contributed by atoms with Crippen molar-refractivity contribution in [3.05, 3.63) is 40.5 Å². The molecule has 1 aromatic heterocycles. The molecule has 0 saturated carbocycles. The molecular weight excluding hydrogens is 483 g/mol. The fourth-order valence-electron chi connectivity index (χ4n) is 3.34. The SMILES string of the molecule is CC(C)CNC(=O)CSc1nc(Cl)cc(N2CCN(C(=O)Nc3cccc(Cl)c3)[C@H](C)C2)n1. The number of halogens is 2. The highest BCUT2D eigenvalue weighted by Crippen LogP contribution is 2.24. The van der Waals surface area contributed by atoms with E-state index in [1.807, 2.05) is 20.8 Å². The Morgan fingerprint density at radius 2 is 2.00 bits per heavy atom. The average molecular weight is 511 g/mol. The van der Waals surface area contributed by atoms with E-state index < -0.39 is 0 Å². The van der Waals surface area contributed by atoms with Gasteiger partial charge in [-0.3, -0.25) is 4.79 Å². The summed E-state index contributed by atoms with van der Waals surface area (Å²) in [6, 6.07) is 8.55. The Morgan fingerprint density at radius 3 is 2.70 bits per heavy atom. The van der Waals surface area contributed by atoms with Gasteiger partial charge in [-0.1, -0.05) is 54.9 Å². The van der Waals surface area contributed by atoms with Crippen molar-refractivity contribution in [3.8, 4) is 0 Å². The lowest BCUT2D eigenvalue weighted by atomic mass is 10.2. The Balaban J connectivity index is 1.58. The molecule has 2 heterocycles. The predicted octanol–water partition coefficient (Wildman–Crippen LogP) is 4.39. The number of aromatic nitrogens is 2. The number of carbonyl (C=O) groups excluding carboxylic acids is 2. The van der Waals surface area contributed by atoms with E-state index in [-0.39, 0.29) is 23.7 Å². The summed E-state index contributed by atoms with van der Waals surface area (Å²) in [5.41, 5.74) is 0.656. The molecular formula is C22H28Cl2N6O2S. The summed E-state index contributed by atoms with van der Waals surface area (Å²) >= 11 is 13.5. The zero-order valence-corrected chi connectivity index (χ0v) is 21.2. The Hall–Kier alpha value is -2.23. The molecule has 0 spiro atoms. The standard InChI is InChI=1S/C22H28Cl2N6O2S/c1-14(2)11-25-20(31)13-33-21-27-18(24)10-19(28-21)29-7-8-30(15(3)12-29)22(32)26-17-6-4-5-16(23)9-17/h4-6,9-10,14-15H,7-8,11-13H2,1-3H3,(H,25,31)(H,26,32)/t15-/m1/s1. The van der Waals surface area contributed by atoms with E-state index >= 15 is 0 Å². The summed E-state index contributed by atoms with van der Waals surface area (Å²) in [7, 11) is 0. The highest BCUT2D eigenvalue weighted by atomic mass is 35.5. The molecule has 33 heavy (non-hydrogen) atoms. The van der Waals surface area contributed by atoms with E-state index in [2.05, 4.69) is 25.5 Å². The van der Waals surface area contributed by atoms with E-state index in [1.54, 1.807) is 35.2 Å². The molecule has 8 nitrogen and oxygen atoms in total. The zero-order chi connectivity index (χ0) is 24.0. The quantitative estimate of drug-likeness (QED) is 0.326. The number of benzene rings is 1. The molecule has 1 fully saturated rings. The number of urea groups is 1. The predicted molar refractivity (Wildman–Crippen MR) is 134 cm³/mol. The van der Waals surface area contributed by atoms with Crippen molar-refractivity contribution < 1.29 is 9.59 Å². The molecule has 0 bridgehead atoms. The number of thioether (sulfide) groups is 1. The van der Waals surface area contributed by atoms with Crippen LogP contribution >= 0.6 is 35.0 Å². The fourth-order valence-corrected chi connectivity index (χ4v) is 4.44. The minimum atomic E-state index is -0.172. The molecule has 0 unspecified atom stereocenters. The van der Waals surface area contributed by atoms with Crippen LogP contribution in [0.25, 0.3) is 0 Å². The summed E-state index contributed by atoms with van der Waals surface area (Å²) in [5.74, 6) is 1.23. The molecule has 1 aliphatic heterocycles. The molecule has 11 heteroatoms. The molecule has 3 rings (SSSR count). The van der Waals surface area contributed by atoms with Crippen molar-refractivity contribution in [2.75, 3.05) is 42.1 Å². The van der Waals surface area contributed by atoms with Gasteiger partial charge in [0.25, 0.3) is 0 Å². The lowest BCUT2D eigenvalue weighted by Gasteiger charge is -2.40. The van der Waals surface area contributed by atoms with Gasteiger partial charge in [0.2, 0.25) is 5.91 Å². The number of hydrogen-bond donors (Lipinski definition) is 2. The van der Waals surface area contributed by atoms with Gasteiger partial charge in [-0.25, -0.2) is 14.8 Å². The summed E-state index contributed by atoms with van der Waals surface area (Å²) in [6.07, 6.45) is 0. The average Bonchev–Trinajstić information content (AvgIpc) is 2.75. The first-order valence-electron chi connectivity index (χ1n) is 10.7. The van der Waals surface area contributed by atoms with Crippen LogP contribution in [0.1, 0.15) is 20.8 Å². The van der Waals surface area contributed by atoms with Crippen LogP contribution in [0.5, 0.6) is 0 Å². The van der Waals surface area contributed by atoms with Crippen molar-refractivity contribution in [3.63, 3.8) is 0 Å². The fraction of sp³-hybridized carbons (Fsp3) is 0.455. The van der Waals surface area contributed by atoms with Crippen molar-refractivity contribution in [2.45, 2.75) is 32.0 Å². The van der Waals surface area contributed by atoms with Crippen LogP contribution < -0.4 is 15.5 Å². The zero-order valence-electron chi connectivity index (χ0n) is 18.8. The largest absolute Gasteiger partial charge is 0.355 e. The second-order valence-electron chi connectivity index (χ2n) is 8.25. The molecule has 0 aliphatic carbocycles. The summed E-state index contributed by atoms with van der Waals surface area (Å²) in [4.78, 5) is 37.4. The van der Waals surface area contributed by atoms with Gasteiger partial charge in [-0.2, -0.15) is 0 Å². The van der Waals surface area contributed by atoms with Crippen molar-refractivity contribution in [1.29, 1.82) is 0 Å². The van der Waals surface area contributed by atoms with E-state index in [0.717, 1.165) is 0 Å². The Labute approximate surface area is 208 Å². The molecule has 0 radical (unpaired) electrons. The number of piperazine rings is 1. The van der Waals surface area contributed by atoms with Gasteiger partial charge in [0.15, 0.2) is 5.16 Å². The van der Waals surface area contributed by atoms with Gasteiger partial charge < -0.3 is 20.4 Å². The third kappa shape index (κ3) is 7.65. The van der Waals surface area contributed by atoms with Crippen molar-refractivity contribution in [2.24, 2.45) is 5.92 Å². The molecule has 2 aromatic rings. The number of amides is 3. The monoisotopic (exact) mass is 510 g/mol. The third-order valence-electron chi connectivity index (χ3n) is 4.99. The van der Waals surface area contributed by atoms with Crippen molar-refractivity contribution in [1.82, 2.24) is 20.2 Å². The summed E-state index contributed by atoms with van der Waals surface area (Å²) in [5, 5.41) is 7.11. The maximum atomic E-state index is 12.8. The first-order chi connectivity index (χ1) is 15.7. The van der Waals surface area contributed by atoms with Gasteiger partial charge in [-0.15, -0.1) is 0 Å². The number of nitrogens with zero attached hydrogens (tertiary/aromatic N) is 4. The van der Waals surface area contributed by atoms with Gasteiger partial charge in [0, 0.05) is 49.0 Å². The first-order valence-corrected chi connectivity index (χ1v) is 12.5. The Morgan fingerprint density at radius 1 is 1.21 bits per heavy atom. The normalized spacial score (nSPS) is 16.1. The van der Waals surface area contributed by atoms with Crippen LogP contribution in [0, 0.1) is 5.92 Å². The Bertz CT molecular complexity index is 993. The maximum Gasteiger partial charge on any atom is 0.322 e. The van der Waals surface area contributed by atoms with Crippen LogP contribution in [0.2, 0.25) is 10.2 Å². The molecule has 1 aliphatic rings. The lowest BCUT2D eigenvalue weighted by molar-refractivity contribution is -0.118. The summed E-state index contributed by atoms with van der Waals surface area (Å²) in [6.45, 7) is 8.42. The van der Waals surface area contributed by atoms with Crippen LogP contribution in [-0.4, -0.2) is 64.8 Å². The van der Waals surface area contributed by atoms with Gasteiger partial charge in [-0.05, 0) is 31.0 Å². The highest BCUT2D eigenvalue weighted by molar-refractivity contribution is 7.99. The molecule has 3 amide bonds. The van der Waals surface area contributed by atoms with E-state index in [4.69, 9.17) is 23.2 Å². The van der Waals surface area contributed by atoms with Gasteiger partial charge in [0.05, 0.1) is 5.75 Å². The number of carbonyl (C=O) groups is 2. The van der Waals surface area contributed by atoms with Gasteiger partial charge >= 0.3 is 6.03 Å². The smallest absolute Gasteiger partial charge is 0.322 e. The van der Waals surface area contributed by atoms with E-state index in [0.29, 0.717) is 58.9 Å².